The van der Waals surface area contributed by atoms with Gasteiger partial charge in [0.25, 0.3) is 0 Å². The van der Waals surface area contributed by atoms with Gasteiger partial charge in [-0.25, -0.2) is 4.68 Å². The van der Waals surface area contributed by atoms with Crippen LogP contribution in [0.15, 0.2) is 24.3 Å². The zero-order chi connectivity index (χ0) is 16.1. The minimum Gasteiger partial charge on any atom is -0.375 e. The molecule has 0 amide bonds. The first kappa shape index (κ1) is 16.2. The predicted molar refractivity (Wildman–Crippen MR) is 92.7 cm³/mol. The van der Waals surface area contributed by atoms with Gasteiger partial charge in [-0.05, 0) is 47.9 Å². The zero-order valence-corrected chi connectivity index (χ0v) is 14.3. The van der Waals surface area contributed by atoms with E-state index < -0.39 is 0 Å². The van der Waals surface area contributed by atoms with Gasteiger partial charge in [0.15, 0.2) is 5.82 Å². The molecule has 2 aromatic rings. The van der Waals surface area contributed by atoms with Crippen molar-refractivity contribution in [3.8, 4) is 0 Å². The van der Waals surface area contributed by atoms with Crippen molar-refractivity contribution in [1.82, 2.24) is 20.2 Å². The standard InChI is InChI=1S/C17H24ClN5/c1-2-7-16(19-14-9-6-8-13(18)12-14)17-20-21-22-23(17)15-10-4-3-5-11-15/h6,8-9,12,15-16,19H,2-5,7,10-11H2,1H3. The fourth-order valence-corrected chi connectivity index (χ4v) is 3.54. The molecule has 1 unspecified atom stereocenters. The molecular weight excluding hydrogens is 310 g/mol. The van der Waals surface area contributed by atoms with Crippen molar-refractivity contribution in [3.63, 3.8) is 0 Å². The molecule has 1 heterocycles. The molecule has 1 N–H and O–H groups in total. The predicted octanol–water partition coefficient (Wildman–Crippen LogP) is 4.79. The third kappa shape index (κ3) is 4.02. The lowest BCUT2D eigenvalue weighted by Crippen LogP contribution is -2.22. The van der Waals surface area contributed by atoms with Crippen LogP contribution in [0.1, 0.15) is 69.8 Å². The molecule has 0 saturated heterocycles. The van der Waals surface area contributed by atoms with Crippen LogP contribution in [0.2, 0.25) is 5.02 Å². The van der Waals surface area contributed by atoms with Gasteiger partial charge in [-0.2, -0.15) is 0 Å². The van der Waals surface area contributed by atoms with Gasteiger partial charge >= 0.3 is 0 Å². The molecule has 1 saturated carbocycles. The Morgan fingerprint density at radius 3 is 2.87 bits per heavy atom. The van der Waals surface area contributed by atoms with Crippen molar-refractivity contribution < 1.29 is 0 Å². The first-order valence-corrected chi connectivity index (χ1v) is 8.95. The van der Waals surface area contributed by atoms with Crippen LogP contribution in [-0.4, -0.2) is 20.2 Å². The highest BCUT2D eigenvalue weighted by Gasteiger charge is 2.24. The van der Waals surface area contributed by atoms with Crippen LogP contribution in [0, 0.1) is 0 Å². The van der Waals surface area contributed by atoms with Gasteiger partial charge in [0.05, 0.1) is 12.1 Å². The first-order valence-electron chi connectivity index (χ1n) is 8.57. The number of nitrogens with zero attached hydrogens (tertiary/aromatic N) is 4. The van der Waals surface area contributed by atoms with Crippen LogP contribution in [0.3, 0.4) is 0 Å². The average Bonchev–Trinajstić information content (AvgIpc) is 3.05. The highest BCUT2D eigenvalue weighted by molar-refractivity contribution is 6.30. The van der Waals surface area contributed by atoms with E-state index in [-0.39, 0.29) is 6.04 Å². The summed E-state index contributed by atoms with van der Waals surface area (Å²) < 4.78 is 2.05. The number of tetrazole rings is 1. The number of nitrogens with one attached hydrogen (secondary N) is 1. The van der Waals surface area contributed by atoms with E-state index in [0.717, 1.165) is 29.4 Å². The Labute approximate surface area is 142 Å². The molecule has 1 aliphatic carbocycles. The highest BCUT2D eigenvalue weighted by atomic mass is 35.5. The second-order valence-electron chi connectivity index (χ2n) is 6.27. The number of halogens is 1. The molecule has 0 bridgehead atoms. The number of rotatable bonds is 6. The molecule has 1 aromatic carbocycles. The quantitative estimate of drug-likeness (QED) is 0.826. The number of aromatic nitrogens is 4. The smallest absolute Gasteiger partial charge is 0.173 e. The fourth-order valence-electron chi connectivity index (χ4n) is 3.35. The topological polar surface area (TPSA) is 55.6 Å². The zero-order valence-electron chi connectivity index (χ0n) is 13.6. The minimum absolute atomic E-state index is 0.107. The van der Waals surface area contributed by atoms with Crippen LogP contribution in [0.5, 0.6) is 0 Å². The van der Waals surface area contributed by atoms with E-state index in [2.05, 4.69) is 32.4 Å². The summed E-state index contributed by atoms with van der Waals surface area (Å²) in [5, 5.41) is 16.9. The van der Waals surface area contributed by atoms with Crippen molar-refractivity contribution in [2.24, 2.45) is 0 Å². The molecule has 1 aromatic heterocycles. The Hall–Kier alpha value is -1.62. The summed E-state index contributed by atoms with van der Waals surface area (Å²) in [6, 6.07) is 8.36. The van der Waals surface area contributed by atoms with Crippen LogP contribution in [-0.2, 0) is 0 Å². The van der Waals surface area contributed by atoms with Crippen molar-refractivity contribution in [3.05, 3.63) is 35.1 Å². The second kappa shape index (κ2) is 7.77. The van der Waals surface area contributed by atoms with Gasteiger partial charge in [0, 0.05) is 10.7 Å². The summed E-state index contributed by atoms with van der Waals surface area (Å²) in [4.78, 5) is 0. The van der Waals surface area contributed by atoms with E-state index >= 15 is 0 Å². The summed E-state index contributed by atoms with van der Waals surface area (Å²) >= 11 is 6.10. The Balaban J connectivity index is 1.82. The van der Waals surface area contributed by atoms with Crippen molar-refractivity contribution in [1.29, 1.82) is 0 Å². The Morgan fingerprint density at radius 2 is 2.13 bits per heavy atom. The van der Waals surface area contributed by atoms with Gasteiger partial charge in [-0.15, -0.1) is 5.10 Å². The maximum atomic E-state index is 6.10. The molecule has 5 nitrogen and oxygen atoms in total. The molecule has 6 heteroatoms. The van der Waals surface area contributed by atoms with Gasteiger partial charge < -0.3 is 5.32 Å². The fraction of sp³-hybridized carbons (Fsp3) is 0.588. The van der Waals surface area contributed by atoms with Gasteiger partial charge in [0.2, 0.25) is 0 Å². The Bertz CT molecular complexity index is 621. The molecule has 1 aliphatic rings. The normalized spacial score (nSPS) is 17.1. The lowest BCUT2D eigenvalue weighted by atomic mass is 9.95. The number of anilines is 1. The van der Waals surface area contributed by atoms with Crippen molar-refractivity contribution in [2.45, 2.75) is 64.0 Å². The maximum absolute atomic E-state index is 6.10. The molecule has 1 atom stereocenters. The maximum Gasteiger partial charge on any atom is 0.173 e. The van der Waals surface area contributed by atoms with E-state index in [1.165, 1.54) is 32.1 Å². The summed E-state index contributed by atoms with van der Waals surface area (Å²) in [5.41, 5.74) is 1.01. The molecule has 1 fully saturated rings. The van der Waals surface area contributed by atoms with E-state index in [9.17, 15) is 0 Å². The summed E-state index contributed by atoms with van der Waals surface area (Å²) in [6.07, 6.45) is 8.26. The summed E-state index contributed by atoms with van der Waals surface area (Å²) in [7, 11) is 0. The average molecular weight is 334 g/mol. The Morgan fingerprint density at radius 1 is 1.30 bits per heavy atom. The molecule has 23 heavy (non-hydrogen) atoms. The molecule has 0 aliphatic heterocycles. The largest absolute Gasteiger partial charge is 0.375 e. The minimum atomic E-state index is 0.107. The molecule has 3 rings (SSSR count). The Kier molecular flexibility index (Phi) is 5.49. The molecule has 0 radical (unpaired) electrons. The SMILES string of the molecule is CCCC(Nc1cccc(Cl)c1)c1nnnn1C1CCCCC1. The third-order valence-electron chi connectivity index (χ3n) is 4.49. The van der Waals surface area contributed by atoms with Gasteiger partial charge in [-0.1, -0.05) is 50.3 Å². The van der Waals surface area contributed by atoms with Crippen molar-refractivity contribution in [2.75, 3.05) is 5.32 Å². The first-order chi connectivity index (χ1) is 11.3. The van der Waals surface area contributed by atoms with E-state index in [1.54, 1.807) is 0 Å². The number of benzene rings is 1. The molecular formula is C17H24ClN5. The van der Waals surface area contributed by atoms with Crippen molar-refractivity contribution >= 4 is 17.3 Å². The van der Waals surface area contributed by atoms with Gasteiger partial charge in [-0.3, -0.25) is 0 Å². The number of hydrogen-bond acceptors (Lipinski definition) is 4. The van der Waals surface area contributed by atoms with E-state index in [0.29, 0.717) is 6.04 Å². The molecule has 124 valence electrons. The van der Waals surface area contributed by atoms with E-state index in [1.807, 2.05) is 24.3 Å². The molecule has 0 spiro atoms. The highest BCUT2D eigenvalue weighted by Crippen LogP contribution is 2.31. The second-order valence-corrected chi connectivity index (χ2v) is 6.71. The number of hydrogen-bond donors (Lipinski definition) is 1. The van der Waals surface area contributed by atoms with Crippen LogP contribution in [0.25, 0.3) is 0 Å². The summed E-state index contributed by atoms with van der Waals surface area (Å²) in [6.45, 7) is 2.18. The third-order valence-corrected chi connectivity index (χ3v) is 4.73. The van der Waals surface area contributed by atoms with Gasteiger partial charge in [0.1, 0.15) is 0 Å². The van der Waals surface area contributed by atoms with Crippen LogP contribution < -0.4 is 5.32 Å². The monoisotopic (exact) mass is 333 g/mol. The van der Waals surface area contributed by atoms with Crippen LogP contribution in [0.4, 0.5) is 5.69 Å². The lowest BCUT2D eigenvalue weighted by Gasteiger charge is -2.25. The van der Waals surface area contributed by atoms with E-state index in [4.69, 9.17) is 11.6 Å². The van der Waals surface area contributed by atoms with Crippen LogP contribution >= 0.6 is 11.6 Å². The summed E-state index contributed by atoms with van der Waals surface area (Å²) in [5.74, 6) is 0.943. The lowest BCUT2D eigenvalue weighted by molar-refractivity contribution is 0.312.